The summed E-state index contributed by atoms with van der Waals surface area (Å²) in [6.07, 6.45) is 0. The van der Waals surface area contributed by atoms with E-state index in [2.05, 4.69) is 17.1 Å². The average Bonchev–Trinajstić information content (AvgIpc) is 2.36. The Balaban J connectivity index is 0. The van der Waals surface area contributed by atoms with Gasteiger partial charge < -0.3 is 15.0 Å². The van der Waals surface area contributed by atoms with Crippen LogP contribution >= 0.6 is 24.8 Å². The lowest BCUT2D eigenvalue weighted by Crippen LogP contribution is -2.55. The second-order valence-electron chi connectivity index (χ2n) is 5.12. The molecule has 1 aliphatic heterocycles. The summed E-state index contributed by atoms with van der Waals surface area (Å²) < 4.78 is 5.11. The van der Waals surface area contributed by atoms with Crippen LogP contribution in [0.3, 0.4) is 0 Å². The summed E-state index contributed by atoms with van der Waals surface area (Å²) in [5, 5.41) is 3.06. The van der Waals surface area contributed by atoms with Crippen LogP contribution in [0, 0.1) is 5.92 Å². The van der Waals surface area contributed by atoms with Crippen molar-refractivity contribution in [1.82, 2.24) is 15.1 Å². The molecule has 1 heterocycles. The number of ether oxygens (including phenoxy) is 1. The summed E-state index contributed by atoms with van der Waals surface area (Å²) in [6.45, 7) is 9.23. The molecule has 0 radical (unpaired) electrons. The molecule has 1 amide bonds. The first-order valence-electron chi connectivity index (χ1n) is 6.76. The molecule has 0 aromatic heterocycles. The first kappa shape index (κ1) is 22.2. The second kappa shape index (κ2) is 11.6. The molecule has 0 aliphatic carbocycles. The Kier molecular flexibility index (Phi) is 12.9. The standard InChI is InChI=1S/C13H27N3O2.2ClH/c1-11(9-14-3)13(17)16-6-5-15(7-8-18-4)12(2)10-16;;/h11-12,14H,5-10H2,1-4H3;2*1H. The van der Waals surface area contributed by atoms with Crippen molar-refractivity contribution in [2.24, 2.45) is 5.92 Å². The van der Waals surface area contributed by atoms with Gasteiger partial charge in [-0.2, -0.15) is 0 Å². The molecule has 1 aliphatic rings. The second-order valence-corrected chi connectivity index (χ2v) is 5.12. The van der Waals surface area contributed by atoms with Crippen LogP contribution in [0.5, 0.6) is 0 Å². The molecule has 0 bridgehead atoms. The zero-order chi connectivity index (χ0) is 13.5. The van der Waals surface area contributed by atoms with Crippen molar-refractivity contribution in [1.29, 1.82) is 0 Å². The molecule has 1 rings (SSSR count). The van der Waals surface area contributed by atoms with Crippen molar-refractivity contribution in [3.63, 3.8) is 0 Å². The van der Waals surface area contributed by atoms with Gasteiger partial charge in [-0.25, -0.2) is 0 Å². The summed E-state index contributed by atoms with van der Waals surface area (Å²) in [6, 6.07) is 0.416. The van der Waals surface area contributed by atoms with Crippen molar-refractivity contribution in [3.8, 4) is 0 Å². The van der Waals surface area contributed by atoms with E-state index in [1.54, 1.807) is 7.11 Å². The molecular weight excluding hydrogens is 301 g/mol. The van der Waals surface area contributed by atoms with Crippen molar-refractivity contribution in [2.45, 2.75) is 19.9 Å². The Labute approximate surface area is 135 Å². The fourth-order valence-electron chi connectivity index (χ4n) is 2.44. The largest absolute Gasteiger partial charge is 0.383 e. The Hall–Kier alpha value is -0.0700. The number of methoxy groups -OCH3 is 1. The van der Waals surface area contributed by atoms with Gasteiger partial charge in [0.15, 0.2) is 0 Å². The monoisotopic (exact) mass is 329 g/mol. The Morgan fingerprint density at radius 1 is 1.40 bits per heavy atom. The fourth-order valence-corrected chi connectivity index (χ4v) is 2.44. The first-order chi connectivity index (χ1) is 8.60. The molecule has 1 fully saturated rings. The number of nitrogens with one attached hydrogen (secondary N) is 1. The predicted molar refractivity (Wildman–Crippen MR) is 87.1 cm³/mol. The highest BCUT2D eigenvalue weighted by Crippen LogP contribution is 2.12. The normalized spacial score (nSPS) is 20.8. The lowest BCUT2D eigenvalue weighted by Gasteiger charge is -2.40. The van der Waals surface area contributed by atoms with E-state index in [4.69, 9.17) is 4.74 Å². The Morgan fingerprint density at radius 3 is 2.55 bits per heavy atom. The average molecular weight is 330 g/mol. The van der Waals surface area contributed by atoms with E-state index >= 15 is 0 Å². The maximum absolute atomic E-state index is 12.2. The summed E-state index contributed by atoms with van der Waals surface area (Å²) in [4.78, 5) is 16.6. The van der Waals surface area contributed by atoms with Crippen molar-refractivity contribution in [2.75, 3.05) is 53.5 Å². The number of carbonyl (C=O) groups excluding carboxylic acids is 1. The maximum Gasteiger partial charge on any atom is 0.226 e. The number of nitrogens with zero attached hydrogens (tertiary/aromatic N) is 2. The van der Waals surface area contributed by atoms with Gasteiger partial charge in [0.1, 0.15) is 0 Å². The molecular formula is C13H29Cl2N3O2. The molecule has 5 nitrogen and oxygen atoms in total. The van der Waals surface area contributed by atoms with E-state index in [1.807, 2.05) is 18.9 Å². The minimum atomic E-state index is 0. The van der Waals surface area contributed by atoms with Crippen LogP contribution in [-0.4, -0.2) is 75.2 Å². The van der Waals surface area contributed by atoms with E-state index in [0.29, 0.717) is 6.04 Å². The van der Waals surface area contributed by atoms with Crippen LogP contribution < -0.4 is 5.32 Å². The SMILES string of the molecule is CNCC(C)C(=O)N1CCN(CCOC)C(C)C1.Cl.Cl. The van der Waals surface area contributed by atoms with Gasteiger partial charge in [0.25, 0.3) is 0 Å². The molecule has 2 unspecified atom stereocenters. The fraction of sp³-hybridized carbons (Fsp3) is 0.923. The van der Waals surface area contributed by atoms with Crippen LogP contribution in [0.2, 0.25) is 0 Å². The van der Waals surface area contributed by atoms with Gasteiger partial charge in [-0.3, -0.25) is 9.69 Å². The Bertz CT molecular complexity index is 270. The van der Waals surface area contributed by atoms with Crippen LogP contribution in [-0.2, 0) is 9.53 Å². The summed E-state index contributed by atoms with van der Waals surface area (Å²) in [5.41, 5.74) is 0. The molecule has 0 aromatic carbocycles. The lowest BCUT2D eigenvalue weighted by atomic mass is 10.1. The van der Waals surface area contributed by atoms with Crippen molar-refractivity contribution >= 4 is 30.7 Å². The van der Waals surface area contributed by atoms with Gasteiger partial charge in [0.2, 0.25) is 5.91 Å². The highest BCUT2D eigenvalue weighted by molar-refractivity contribution is 5.85. The highest BCUT2D eigenvalue weighted by atomic mass is 35.5. The summed E-state index contributed by atoms with van der Waals surface area (Å²) in [5.74, 6) is 0.329. The van der Waals surface area contributed by atoms with Gasteiger partial charge in [0, 0.05) is 51.8 Å². The maximum atomic E-state index is 12.2. The number of hydrogen-bond donors (Lipinski definition) is 1. The quantitative estimate of drug-likeness (QED) is 0.785. The van der Waals surface area contributed by atoms with Crippen LogP contribution in [0.25, 0.3) is 0 Å². The molecule has 2 atom stereocenters. The number of hydrogen-bond acceptors (Lipinski definition) is 4. The van der Waals surface area contributed by atoms with Crippen LogP contribution in [0.1, 0.15) is 13.8 Å². The molecule has 0 saturated carbocycles. The molecule has 0 spiro atoms. The minimum Gasteiger partial charge on any atom is -0.383 e. The smallest absolute Gasteiger partial charge is 0.226 e. The van der Waals surface area contributed by atoms with Crippen molar-refractivity contribution < 1.29 is 9.53 Å². The van der Waals surface area contributed by atoms with E-state index in [-0.39, 0.29) is 36.6 Å². The van der Waals surface area contributed by atoms with E-state index in [1.165, 1.54) is 0 Å². The zero-order valence-corrected chi connectivity index (χ0v) is 14.6. The third-order valence-corrected chi connectivity index (χ3v) is 3.59. The highest BCUT2D eigenvalue weighted by Gasteiger charge is 2.28. The van der Waals surface area contributed by atoms with Crippen molar-refractivity contribution in [3.05, 3.63) is 0 Å². The summed E-state index contributed by atoms with van der Waals surface area (Å²) >= 11 is 0. The van der Waals surface area contributed by atoms with Gasteiger partial charge >= 0.3 is 0 Å². The zero-order valence-electron chi connectivity index (χ0n) is 12.9. The van der Waals surface area contributed by atoms with Gasteiger partial charge in [-0.05, 0) is 14.0 Å². The molecule has 7 heteroatoms. The van der Waals surface area contributed by atoms with Gasteiger partial charge in [-0.15, -0.1) is 24.8 Å². The first-order valence-corrected chi connectivity index (χ1v) is 6.76. The Morgan fingerprint density at radius 2 is 2.05 bits per heavy atom. The molecule has 0 aromatic rings. The number of carbonyl (C=O) groups is 1. The third-order valence-electron chi connectivity index (χ3n) is 3.59. The van der Waals surface area contributed by atoms with Gasteiger partial charge in [-0.1, -0.05) is 6.92 Å². The number of piperazine rings is 1. The number of rotatable bonds is 6. The molecule has 1 N–H and O–H groups in total. The minimum absolute atomic E-state index is 0. The topological polar surface area (TPSA) is 44.8 Å². The van der Waals surface area contributed by atoms with E-state index in [9.17, 15) is 4.79 Å². The summed E-state index contributed by atoms with van der Waals surface area (Å²) in [7, 11) is 3.61. The van der Waals surface area contributed by atoms with E-state index in [0.717, 1.165) is 39.3 Å². The number of amides is 1. The molecule has 1 saturated heterocycles. The number of halogens is 2. The van der Waals surface area contributed by atoms with Crippen LogP contribution in [0.4, 0.5) is 0 Å². The van der Waals surface area contributed by atoms with Crippen LogP contribution in [0.15, 0.2) is 0 Å². The third kappa shape index (κ3) is 6.59. The van der Waals surface area contributed by atoms with Gasteiger partial charge in [0.05, 0.1) is 6.61 Å². The lowest BCUT2D eigenvalue weighted by molar-refractivity contribution is -0.137. The molecule has 20 heavy (non-hydrogen) atoms. The predicted octanol–water partition coefficient (Wildman–Crippen LogP) is 0.865. The molecule has 122 valence electrons. The van der Waals surface area contributed by atoms with E-state index < -0.39 is 0 Å².